The molecule has 1 amide bonds. The third-order valence-electron chi connectivity index (χ3n) is 4.76. The van der Waals surface area contributed by atoms with Gasteiger partial charge in [0.2, 0.25) is 5.91 Å². The van der Waals surface area contributed by atoms with Crippen molar-refractivity contribution in [1.29, 1.82) is 0 Å². The number of carbonyl (C=O) groups is 1. The largest absolute Gasteiger partial charge is 0.393 e. The van der Waals surface area contributed by atoms with Crippen molar-refractivity contribution >= 4 is 5.91 Å². The molecule has 2 fully saturated rings. The minimum absolute atomic E-state index is 0.128. The molecule has 4 heteroatoms. The summed E-state index contributed by atoms with van der Waals surface area (Å²) in [5.74, 6) is 1.40. The van der Waals surface area contributed by atoms with E-state index < -0.39 is 0 Å². The summed E-state index contributed by atoms with van der Waals surface area (Å²) in [6, 6.07) is 0.350. The second-order valence-corrected chi connectivity index (χ2v) is 6.60. The topological polar surface area (TPSA) is 66.6 Å². The predicted molar refractivity (Wildman–Crippen MR) is 75.5 cm³/mol. The van der Waals surface area contributed by atoms with Gasteiger partial charge in [0.05, 0.1) is 6.10 Å². The van der Waals surface area contributed by atoms with E-state index in [1.165, 1.54) is 12.8 Å². The summed E-state index contributed by atoms with van der Waals surface area (Å²) >= 11 is 0. The van der Waals surface area contributed by atoms with Crippen molar-refractivity contribution < 1.29 is 9.90 Å². The number of hydrogen-bond donors (Lipinski definition) is 2. The fourth-order valence-corrected chi connectivity index (χ4v) is 3.45. The smallest absolute Gasteiger partial charge is 0.222 e. The molecule has 0 heterocycles. The average molecular weight is 268 g/mol. The zero-order valence-corrected chi connectivity index (χ0v) is 12.1. The summed E-state index contributed by atoms with van der Waals surface area (Å²) in [5.41, 5.74) is 5.98. The van der Waals surface area contributed by atoms with E-state index in [2.05, 4.69) is 0 Å². The summed E-state index contributed by atoms with van der Waals surface area (Å²) in [7, 11) is 1.89. The van der Waals surface area contributed by atoms with Crippen LogP contribution in [0, 0.1) is 11.8 Å². The van der Waals surface area contributed by atoms with Crippen LogP contribution in [-0.4, -0.2) is 41.7 Å². The van der Waals surface area contributed by atoms with Gasteiger partial charge in [-0.3, -0.25) is 4.79 Å². The molecule has 3 N–H and O–H groups in total. The lowest BCUT2D eigenvalue weighted by atomic mass is 9.82. The van der Waals surface area contributed by atoms with Gasteiger partial charge in [0, 0.05) is 26.1 Å². The monoisotopic (exact) mass is 268 g/mol. The van der Waals surface area contributed by atoms with Crippen molar-refractivity contribution in [1.82, 2.24) is 4.90 Å². The van der Waals surface area contributed by atoms with Crippen LogP contribution >= 0.6 is 0 Å². The molecule has 2 rings (SSSR count). The first-order valence-electron chi connectivity index (χ1n) is 7.72. The third kappa shape index (κ3) is 4.46. The Morgan fingerprint density at radius 3 is 2.63 bits per heavy atom. The van der Waals surface area contributed by atoms with Crippen LogP contribution in [0.3, 0.4) is 0 Å². The van der Waals surface area contributed by atoms with Gasteiger partial charge in [-0.15, -0.1) is 0 Å². The Morgan fingerprint density at radius 1 is 1.26 bits per heavy atom. The first-order valence-corrected chi connectivity index (χ1v) is 7.72. The number of carbonyl (C=O) groups excluding carboxylic acids is 1. The number of nitrogens with zero attached hydrogens (tertiary/aromatic N) is 1. The number of aliphatic hydroxyl groups is 1. The maximum atomic E-state index is 12.1. The van der Waals surface area contributed by atoms with Gasteiger partial charge in [0.15, 0.2) is 0 Å². The summed E-state index contributed by atoms with van der Waals surface area (Å²) in [6.45, 7) is 0.806. The quantitative estimate of drug-likeness (QED) is 0.794. The fourth-order valence-electron chi connectivity index (χ4n) is 3.45. The highest BCUT2D eigenvalue weighted by Crippen LogP contribution is 2.29. The molecule has 19 heavy (non-hydrogen) atoms. The summed E-state index contributed by atoms with van der Waals surface area (Å²) in [5, 5.41) is 9.25. The molecular weight excluding hydrogens is 240 g/mol. The van der Waals surface area contributed by atoms with Crippen LogP contribution in [0.4, 0.5) is 0 Å². The fraction of sp³-hybridized carbons (Fsp3) is 0.933. The standard InChI is InChI=1S/C15H28N2O2/c1-17(10-12-8-14(18)9-12)15(19)6-5-11-3-2-4-13(16)7-11/h11-14,18H,2-10,16H2,1H3. The molecule has 0 aromatic heterocycles. The molecule has 2 unspecified atom stereocenters. The first kappa shape index (κ1) is 14.8. The lowest BCUT2D eigenvalue weighted by Crippen LogP contribution is -2.39. The van der Waals surface area contributed by atoms with E-state index in [1.807, 2.05) is 11.9 Å². The van der Waals surface area contributed by atoms with E-state index in [0.717, 1.165) is 38.6 Å². The second-order valence-electron chi connectivity index (χ2n) is 6.60. The molecule has 110 valence electrons. The molecule has 0 radical (unpaired) electrons. The molecular formula is C15H28N2O2. The molecule has 2 atom stereocenters. The number of hydrogen-bond acceptors (Lipinski definition) is 3. The van der Waals surface area contributed by atoms with Crippen molar-refractivity contribution in [3.63, 3.8) is 0 Å². The van der Waals surface area contributed by atoms with E-state index in [9.17, 15) is 9.90 Å². The van der Waals surface area contributed by atoms with Gasteiger partial charge < -0.3 is 15.7 Å². The number of rotatable bonds is 5. The van der Waals surface area contributed by atoms with E-state index in [4.69, 9.17) is 5.73 Å². The summed E-state index contributed by atoms with van der Waals surface area (Å²) in [6.07, 6.45) is 7.92. The van der Waals surface area contributed by atoms with Crippen molar-refractivity contribution in [2.24, 2.45) is 17.6 Å². The van der Waals surface area contributed by atoms with Crippen LogP contribution in [0.1, 0.15) is 51.4 Å². The van der Waals surface area contributed by atoms with Crippen LogP contribution in [0.15, 0.2) is 0 Å². The lowest BCUT2D eigenvalue weighted by Gasteiger charge is -2.34. The van der Waals surface area contributed by atoms with Crippen LogP contribution in [0.25, 0.3) is 0 Å². The predicted octanol–water partition coefficient (Wildman–Crippen LogP) is 1.51. The Labute approximate surface area is 116 Å². The molecule has 0 saturated heterocycles. The lowest BCUT2D eigenvalue weighted by molar-refractivity contribution is -0.131. The Hall–Kier alpha value is -0.610. The number of nitrogens with two attached hydrogens (primary N) is 1. The van der Waals surface area contributed by atoms with Crippen molar-refractivity contribution in [2.75, 3.05) is 13.6 Å². The molecule has 0 aliphatic heterocycles. The zero-order chi connectivity index (χ0) is 13.8. The minimum Gasteiger partial charge on any atom is -0.393 e. The second kappa shape index (κ2) is 6.71. The maximum absolute atomic E-state index is 12.1. The van der Waals surface area contributed by atoms with Crippen LogP contribution < -0.4 is 5.73 Å². The highest BCUT2D eigenvalue weighted by molar-refractivity contribution is 5.75. The van der Waals surface area contributed by atoms with Gasteiger partial charge in [-0.25, -0.2) is 0 Å². The van der Waals surface area contributed by atoms with Gasteiger partial charge in [0.1, 0.15) is 0 Å². The first-order chi connectivity index (χ1) is 9.04. The SMILES string of the molecule is CN(CC1CC(O)C1)C(=O)CCC1CCCC(N)C1. The molecule has 0 aromatic rings. The Bertz CT molecular complexity index is 303. The molecule has 0 spiro atoms. The normalized spacial score (nSPS) is 34.7. The Morgan fingerprint density at radius 2 is 2.00 bits per heavy atom. The molecule has 4 nitrogen and oxygen atoms in total. The van der Waals surface area contributed by atoms with Gasteiger partial charge in [-0.05, 0) is 43.9 Å². The van der Waals surface area contributed by atoms with E-state index in [0.29, 0.717) is 24.3 Å². The molecule has 2 aliphatic rings. The number of aliphatic hydroxyl groups excluding tert-OH is 1. The summed E-state index contributed by atoms with van der Waals surface area (Å²) in [4.78, 5) is 13.9. The van der Waals surface area contributed by atoms with Gasteiger partial charge in [0.25, 0.3) is 0 Å². The van der Waals surface area contributed by atoms with E-state index in [1.54, 1.807) is 0 Å². The third-order valence-corrected chi connectivity index (χ3v) is 4.76. The van der Waals surface area contributed by atoms with Gasteiger partial charge in [-0.2, -0.15) is 0 Å². The summed E-state index contributed by atoms with van der Waals surface area (Å²) < 4.78 is 0. The van der Waals surface area contributed by atoms with Gasteiger partial charge >= 0.3 is 0 Å². The van der Waals surface area contributed by atoms with E-state index in [-0.39, 0.29) is 12.0 Å². The highest BCUT2D eigenvalue weighted by Gasteiger charge is 2.29. The Kier molecular flexibility index (Phi) is 5.22. The molecule has 2 aliphatic carbocycles. The van der Waals surface area contributed by atoms with E-state index >= 15 is 0 Å². The van der Waals surface area contributed by atoms with Crippen LogP contribution in [0.2, 0.25) is 0 Å². The van der Waals surface area contributed by atoms with Crippen LogP contribution in [-0.2, 0) is 4.79 Å². The van der Waals surface area contributed by atoms with Gasteiger partial charge in [-0.1, -0.05) is 12.8 Å². The molecule has 0 bridgehead atoms. The van der Waals surface area contributed by atoms with Crippen LogP contribution in [0.5, 0.6) is 0 Å². The van der Waals surface area contributed by atoms with Crippen molar-refractivity contribution in [2.45, 2.75) is 63.5 Å². The number of amides is 1. The minimum atomic E-state index is -0.128. The zero-order valence-electron chi connectivity index (χ0n) is 12.1. The molecule has 2 saturated carbocycles. The molecule has 0 aromatic carbocycles. The average Bonchev–Trinajstić information content (AvgIpc) is 2.34. The highest BCUT2D eigenvalue weighted by atomic mass is 16.3. The Balaban J connectivity index is 1.63. The maximum Gasteiger partial charge on any atom is 0.222 e. The van der Waals surface area contributed by atoms with Crippen molar-refractivity contribution in [3.05, 3.63) is 0 Å². The van der Waals surface area contributed by atoms with Crippen molar-refractivity contribution in [3.8, 4) is 0 Å².